The Labute approximate surface area is 153 Å². The van der Waals surface area contributed by atoms with Crippen LogP contribution in [-0.4, -0.2) is 52.8 Å². The van der Waals surface area contributed by atoms with Crippen LogP contribution in [0.15, 0.2) is 48.5 Å². The van der Waals surface area contributed by atoms with Crippen molar-refractivity contribution < 1.29 is 9.59 Å². The van der Waals surface area contributed by atoms with Crippen LogP contribution >= 0.6 is 0 Å². The van der Waals surface area contributed by atoms with Gasteiger partial charge in [0.25, 0.3) is 11.8 Å². The van der Waals surface area contributed by atoms with Crippen molar-refractivity contribution in [3.8, 4) is 0 Å². The zero-order valence-electron chi connectivity index (χ0n) is 15.0. The second kappa shape index (κ2) is 8.10. The molecule has 0 spiro atoms. The molecule has 1 atom stereocenters. The summed E-state index contributed by atoms with van der Waals surface area (Å²) >= 11 is 0. The fourth-order valence-electron chi connectivity index (χ4n) is 3.34. The molecule has 0 radical (unpaired) electrons. The van der Waals surface area contributed by atoms with Crippen LogP contribution in [0.1, 0.15) is 33.5 Å². The van der Waals surface area contributed by atoms with E-state index < -0.39 is 5.91 Å². The summed E-state index contributed by atoms with van der Waals surface area (Å²) in [6.07, 6.45) is 0. The normalized spacial score (nSPS) is 18.3. The number of hydrogen-bond acceptors (Lipinski definition) is 4. The lowest BCUT2D eigenvalue weighted by Gasteiger charge is -2.22. The average molecular weight is 352 g/mol. The predicted molar refractivity (Wildman–Crippen MR) is 99.5 cm³/mol. The summed E-state index contributed by atoms with van der Waals surface area (Å²) in [6.45, 7) is 6.08. The molecule has 26 heavy (non-hydrogen) atoms. The van der Waals surface area contributed by atoms with E-state index in [2.05, 4.69) is 28.9 Å². The number of primary amides is 1. The lowest BCUT2D eigenvalue weighted by atomic mass is 10.1. The Morgan fingerprint density at radius 1 is 1.04 bits per heavy atom. The van der Waals surface area contributed by atoms with Crippen LogP contribution in [0.3, 0.4) is 0 Å². The van der Waals surface area contributed by atoms with Gasteiger partial charge in [0.1, 0.15) is 11.4 Å². The maximum Gasteiger partial charge on any atom is 0.272 e. The Hall–Kier alpha value is -2.73. The first kappa shape index (κ1) is 18.1. The van der Waals surface area contributed by atoms with Crippen molar-refractivity contribution in [3.63, 3.8) is 0 Å². The van der Waals surface area contributed by atoms with E-state index in [1.54, 1.807) is 12.1 Å². The Morgan fingerprint density at radius 3 is 2.50 bits per heavy atom. The van der Waals surface area contributed by atoms with E-state index in [1.807, 2.05) is 23.1 Å². The number of nitrogens with zero attached hydrogens (tertiary/aromatic N) is 3. The van der Waals surface area contributed by atoms with Gasteiger partial charge >= 0.3 is 0 Å². The number of rotatable bonds is 4. The van der Waals surface area contributed by atoms with Crippen LogP contribution in [0.4, 0.5) is 0 Å². The minimum absolute atomic E-state index is 0.115. The number of benzene rings is 1. The molecule has 1 fully saturated rings. The van der Waals surface area contributed by atoms with E-state index in [0.29, 0.717) is 19.0 Å². The molecule has 1 saturated heterocycles. The van der Waals surface area contributed by atoms with Crippen LogP contribution in [0.2, 0.25) is 0 Å². The highest BCUT2D eigenvalue weighted by molar-refractivity contribution is 5.95. The molecule has 1 aliphatic rings. The van der Waals surface area contributed by atoms with Gasteiger partial charge < -0.3 is 10.6 Å². The van der Waals surface area contributed by atoms with Crippen molar-refractivity contribution in [2.45, 2.75) is 13.5 Å². The number of aromatic nitrogens is 1. The molecule has 1 aliphatic heterocycles. The molecule has 2 heterocycles. The minimum Gasteiger partial charge on any atom is -0.364 e. The average Bonchev–Trinajstić information content (AvgIpc) is 2.83. The van der Waals surface area contributed by atoms with Gasteiger partial charge in [0.15, 0.2) is 0 Å². The van der Waals surface area contributed by atoms with Gasteiger partial charge in [-0.3, -0.25) is 14.5 Å². The van der Waals surface area contributed by atoms with Crippen LogP contribution in [0.25, 0.3) is 0 Å². The number of amides is 2. The maximum atomic E-state index is 12.8. The zero-order valence-corrected chi connectivity index (χ0v) is 15.0. The Kier molecular flexibility index (Phi) is 5.63. The number of carbonyl (C=O) groups is 2. The minimum atomic E-state index is -0.627. The largest absolute Gasteiger partial charge is 0.364 e. The van der Waals surface area contributed by atoms with E-state index in [1.165, 1.54) is 11.6 Å². The summed E-state index contributed by atoms with van der Waals surface area (Å²) < 4.78 is 0. The molecule has 6 nitrogen and oxygen atoms in total. The molecule has 0 aliphatic carbocycles. The summed E-state index contributed by atoms with van der Waals surface area (Å²) in [6, 6.07) is 15.1. The van der Waals surface area contributed by atoms with Crippen molar-refractivity contribution >= 4 is 11.8 Å². The lowest BCUT2D eigenvalue weighted by molar-refractivity contribution is 0.0742. The Bertz CT molecular complexity index is 778. The third kappa shape index (κ3) is 4.46. The maximum absolute atomic E-state index is 12.8. The number of carbonyl (C=O) groups excluding carboxylic acids is 2. The predicted octanol–water partition coefficient (Wildman–Crippen LogP) is 1.77. The fourth-order valence-corrected chi connectivity index (χ4v) is 3.34. The molecule has 1 aromatic carbocycles. The molecule has 3 rings (SSSR count). The van der Waals surface area contributed by atoms with Crippen molar-refractivity contribution in [1.82, 2.24) is 14.8 Å². The van der Waals surface area contributed by atoms with Gasteiger partial charge in [0, 0.05) is 32.7 Å². The molecule has 136 valence electrons. The zero-order chi connectivity index (χ0) is 18.5. The molecule has 2 aromatic rings. The summed E-state index contributed by atoms with van der Waals surface area (Å²) in [5.74, 6) is -0.427. The fraction of sp³-hybridized carbons (Fsp3) is 0.350. The quantitative estimate of drug-likeness (QED) is 0.909. The van der Waals surface area contributed by atoms with E-state index in [0.717, 1.165) is 19.6 Å². The van der Waals surface area contributed by atoms with Crippen molar-refractivity contribution in [1.29, 1.82) is 0 Å². The molecule has 2 N–H and O–H groups in total. The highest BCUT2D eigenvalue weighted by Gasteiger charge is 2.25. The first-order chi connectivity index (χ1) is 12.5. The van der Waals surface area contributed by atoms with E-state index in [9.17, 15) is 9.59 Å². The van der Waals surface area contributed by atoms with Crippen molar-refractivity contribution in [2.75, 3.05) is 26.2 Å². The standard InChI is InChI=1S/C20H24N4O2/c1-15-12-23(14-16-6-3-2-4-7-16)10-11-24(13-15)20(26)18-9-5-8-17(22-18)19(21)25/h2-9,15H,10-14H2,1H3,(H2,21,25). The van der Waals surface area contributed by atoms with Gasteiger partial charge in [-0.05, 0) is 23.6 Å². The Morgan fingerprint density at radius 2 is 1.77 bits per heavy atom. The first-order valence-electron chi connectivity index (χ1n) is 8.85. The van der Waals surface area contributed by atoms with Gasteiger partial charge in [0.2, 0.25) is 0 Å². The highest BCUT2D eigenvalue weighted by atomic mass is 16.2. The number of pyridine rings is 1. The van der Waals surface area contributed by atoms with Gasteiger partial charge in [0.05, 0.1) is 0 Å². The summed E-state index contributed by atoms with van der Waals surface area (Å²) in [5, 5.41) is 0. The van der Waals surface area contributed by atoms with E-state index in [-0.39, 0.29) is 17.3 Å². The summed E-state index contributed by atoms with van der Waals surface area (Å²) in [5.41, 5.74) is 6.92. The van der Waals surface area contributed by atoms with Gasteiger partial charge in [-0.2, -0.15) is 0 Å². The summed E-state index contributed by atoms with van der Waals surface area (Å²) in [4.78, 5) is 32.4. The molecular weight excluding hydrogens is 328 g/mol. The SMILES string of the molecule is CC1CN(Cc2ccccc2)CCN(C(=O)c2cccc(C(N)=O)n2)C1. The van der Waals surface area contributed by atoms with Gasteiger partial charge in [-0.1, -0.05) is 43.3 Å². The smallest absolute Gasteiger partial charge is 0.272 e. The topological polar surface area (TPSA) is 79.5 Å². The van der Waals surface area contributed by atoms with Crippen molar-refractivity contribution in [3.05, 3.63) is 65.5 Å². The van der Waals surface area contributed by atoms with Crippen LogP contribution in [0.5, 0.6) is 0 Å². The lowest BCUT2D eigenvalue weighted by Crippen LogP contribution is -2.36. The number of nitrogens with two attached hydrogens (primary N) is 1. The Balaban J connectivity index is 1.69. The molecule has 1 aromatic heterocycles. The summed E-state index contributed by atoms with van der Waals surface area (Å²) in [7, 11) is 0. The van der Waals surface area contributed by atoms with E-state index >= 15 is 0 Å². The molecule has 6 heteroatoms. The second-order valence-electron chi connectivity index (χ2n) is 6.85. The molecule has 0 saturated carbocycles. The van der Waals surface area contributed by atoms with Crippen molar-refractivity contribution in [2.24, 2.45) is 11.7 Å². The van der Waals surface area contributed by atoms with Crippen LogP contribution in [0, 0.1) is 5.92 Å². The monoisotopic (exact) mass is 352 g/mol. The third-order valence-corrected chi connectivity index (χ3v) is 4.54. The van der Waals surface area contributed by atoms with Crippen LogP contribution < -0.4 is 5.73 Å². The molecular formula is C20H24N4O2. The second-order valence-corrected chi connectivity index (χ2v) is 6.85. The molecule has 0 bridgehead atoms. The van der Waals surface area contributed by atoms with Gasteiger partial charge in [-0.15, -0.1) is 0 Å². The van der Waals surface area contributed by atoms with Gasteiger partial charge in [-0.25, -0.2) is 4.98 Å². The third-order valence-electron chi connectivity index (χ3n) is 4.54. The highest BCUT2D eigenvalue weighted by Crippen LogP contribution is 2.15. The van der Waals surface area contributed by atoms with E-state index in [4.69, 9.17) is 5.73 Å². The van der Waals surface area contributed by atoms with Crippen LogP contribution in [-0.2, 0) is 6.54 Å². The first-order valence-corrected chi connectivity index (χ1v) is 8.85. The number of hydrogen-bond donors (Lipinski definition) is 1. The molecule has 2 amide bonds. The molecule has 1 unspecified atom stereocenters.